The molecule has 3 aliphatic heterocycles. The van der Waals surface area contributed by atoms with E-state index < -0.39 is 23.3 Å². The van der Waals surface area contributed by atoms with E-state index in [1.807, 2.05) is 12.1 Å². The Labute approximate surface area is 238 Å². The highest BCUT2D eigenvalue weighted by atomic mass is 32.2. The number of amides is 3. The first kappa shape index (κ1) is 26.7. The number of aliphatic carboxylic acids is 1. The van der Waals surface area contributed by atoms with Gasteiger partial charge >= 0.3 is 0 Å². The molecule has 0 bridgehead atoms. The molecule has 0 radical (unpaired) electrons. The highest BCUT2D eigenvalue weighted by molar-refractivity contribution is 8.00. The number of nitrogens with one attached hydrogen (secondary N) is 1. The van der Waals surface area contributed by atoms with Crippen LogP contribution in [-0.2, 0) is 32.3 Å². The molecule has 13 heteroatoms. The van der Waals surface area contributed by atoms with Crippen molar-refractivity contribution in [3.05, 3.63) is 77.1 Å². The summed E-state index contributed by atoms with van der Waals surface area (Å²) in [5.74, 6) is -1.43. The number of aryl methyl sites for hydroxylation is 1. The van der Waals surface area contributed by atoms with E-state index in [0.717, 1.165) is 10.5 Å². The number of pyridine rings is 1. The summed E-state index contributed by atoms with van der Waals surface area (Å²) in [6.45, 7) is 2.71. The average molecular weight is 575 g/mol. The van der Waals surface area contributed by atoms with Crippen molar-refractivity contribution >= 4 is 52.2 Å². The first-order valence-corrected chi connectivity index (χ1v) is 14.0. The van der Waals surface area contributed by atoms with E-state index in [-0.39, 0.29) is 24.1 Å². The molecule has 2 fully saturated rings. The van der Waals surface area contributed by atoms with Gasteiger partial charge in [0.15, 0.2) is 23.9 Å². The Morgan fingerprint density at radius 1 is 1.27 bits per heavy atom. The number of aromatic nitrogens is 2. The van der Waals surface area contributed by atoms with Crippen LogP contribution in [0.2, 0.25) is 0 Å². The summed E-state index contributed by atoms with van der Waals surface area (Å²) in [5, 5.41) is 14.3. The lowest BCUT2D eigenvalue weighted by molar-refractivity contribution is -0.684. The second-order valence-corrected chi connectivity index (χ2v) is 11.2. The molecule has 3 amide bonds. The van der Waals surface area contributed by atoms with E-state index in [1.54, 1.807) is 53.1 Å². The van der Waals surface area contributed by atoms with Crippen molar-refractivity contribution in [3.63, 3.8) is 0 Å². The number of likely N-dealkylation sites (tertiary alicyclic amines) is 1. The Hall–Kier alpha value is -4.49. The van der Waals surface area contributed by atoms with E-state index in [1.165, 1.54) is 11.8 Å². The molecule has 210 valence electrons. The van der Waals surface area contributed by atoms with Crippen LogP contribution in [0.5, 0.6) is 0 Å². The number of carboxylic acids is 1. The molecule has 2 saturated heterocycles. The smallest absolute Gasteiger partial charge is 0.290 e. The topological polar surface area (TPSA) is 166 Å². The van der Waals surface area contributed by atoms with Gasteiger partial charge in [0.25, 0.3) is 5.91 Å². The summed E-state index contributed by atoms with van der Waals surface area (Å²) in [5.41, 5.74) is 9.29. The largest absolute Gasteiger partial charge is 0.543 e. The molecule has 0 saturated carbocycles. The van der Waals surface area contributed by atoms with Crippen molar-refractivity contribution < 1.29 is 33.3 Å². The number of β-lactam (4-membered cyclic amide) rings is 1. The predicted octanol–water partition coefficient (Wildman–Crippen LogP) is -0.0325. The lowest BCUT2D eigenvalue weighted by atomic mass is 10.0. The molecule has 12 nitrogen and oxygen atoms in total. The first-order valence-electron chi connectivity index (χ1n) is 13.0. The summed E-state index contributed by atoms with van der Waals surface area (Å²) >= 11 is 1.37. The fraction of sp³-hybridized carbons (Fsp3) is 0.286. The number of allylic oxidation sites excluding steroid dienone is 1. The number of benzene rings is 1. The molecule has 2 aromatic heterocycles. The van der Waals surface area contributed by atoms with Crippen molar-refractivity contribution in [2.24, 2.45) is 5.73 Å². The second kappa shape index (κ2) is 10.5. The molecule has 3 N–H and O–H groups in total. The summed E-state index contributed by atoms with van der Waals surface area (Å²) in [7, 11) is 0. The van der Waals surface area contributed by atoms with Crippen LogP contribution in [0, 0.1) is 6.92 Å². The normalized spacial score (nSPS) is 21.5. The number of fused-ring (bicyclic) bond motifs is 2. The number of oxazole rings is 1. The fourth-order valence-electron chi connectivity index (χ4n) is 5.21. The van der Waals surface area contributed by atoms with E-state index in [0.29, 0.717) is 59.1 Å². The molecule has 3 aromatic rings. The molecular formula is C28H26N6O6S. The molecule has 0 unspecified atom stereocenters. The molecule has 41 heavy (non-hydrogen) atoms. The van der Waals surface area contributed by atoms with E-state index >= 15 is 0 Å². The molecule has 0 aliphatic carbocycles. The SMILES string of the molecule is Cc1nc2cc(NC(=O)C[n+]3ccc(CN4CC/C(=C\C5=C(C(=O)[O-])N6C(=O)[C@@H](N)[C@H]6SC5)C4=O)cc3)ccc2o1. The number of thioether (sulfide) groups is 1. The number of carboxylic acid groups (broad SMARTS) is 1. The predicted molar refractivity (Wildman–Crippen MR) is 145 cm³/mol. The summed E-state index contributed by atoms with van der Waals surface area (Å²) in [6, 6.07) is 8.24. The van der Waals surface area contributed by atoms with Crippen LogP contribution < -0.4 is 20.7 Å². The Morgan fingerprint density at radius 2 is 2.05 bits per heavy atom. The maximum atomic E-state index is 13.1. The van der Waals surface area contributed by atoms with Gasteiger partial charge in [0, 0.05) is 49.2 Å². The van der Waals surface area contributed by atoms with Crippen LogP contribution in [0.1, 0.15) is 17.9 Å². The highest BCUT2D eigenvalue weighted by Gasteiger charge is 2.50. The maximum absolute atomic E-state index is 13.1. The van der Waals surface area contributed by atoms with Gasteiger partial charge in [-0.3, -0.25) is 19.3 Å². The first-order chi connectivity index (χ1) is 19.7. The average Bonchev–Trinajstić information content (AvgIpc) is 3.49. The highest BCUT2D eigenvalue weighted by Crippen LogP contribution is 2.40. The van der Waals surface area contributed by atoms with Crippen molar-refractivity contribution in [1.82, 2.24) is 14.8 Å². The third-order valence-electron chi connectivity index (χ3n) is 7.23. The summed E-state index contributed by atoms with van der Waals surface area (Å²) in [6.07, 6.45) is 5.58. The van der Waals surface area contributed by atoms with Gasteiger partial charge in [0.1, 0.15) is 16.9 Å². The third-order valence-corrected chi connectivity index (χ3v) is 8.55. The van der Waals surface area contributed by atoms with Gasteiger partial charge in [-0.1, -0.05) is 0 Å². The lowest BCUT2D eigenvalue weighted by Gasteiger charge is -2.49. The van der Waals surface area contributed by atoms with Gasteiger partial charge in [-0.15, -0.1) is 11.8 Å². The van der Waals surface area contributed by atoms with Gasteiger partial charge < -0.3 is 30.3 Å². The van der Waals surface area contributed by atoms with Crippen molar-refractivity contribution in [1.29, 1.82) is 0 Å². The number of rotatable bonds is 7. The molecule has 2 atom stereocenters. The van der Waals surface area contributed by atoms with E-state index in [4.69, 9.17) is 10.2 Å². The third kappa shape index (κ3) is 5.09. The number of nitrogens with two attached hydrogens (primary N) is 1. The van der Waals surface area contributed by atoms with Gasteiger partial charge in [-0.2, -0.15) is 4.57 Å². The number of hydrogen-bond acceptors (Lipinski definition) is 9. The van der Waals surface area contributed by atoms with E-state index in [9.17, 15) is 24.3 Å². The molecule has 1 aromatic carbocycles. The van der Waals surface area contributed by atoms with E-state index in [2.05, 4.69) is 10.3 Å². The maximum Gasteiger partial charge on any atom is 0.290 e. The number of hydrogen-bond donors (Lipinski definition) is 2. The van der Waals surface area contributed by atoms with Gasteiger partial charge in [0.2, 0.25) is 18.4 Å². The fourth-order valence-corrected chi connectivity index (χ4v) is 6.46. The Morgan fingerprint density at radius 3 is 2.80 bits per heavy atom. The number of carbonyl (C=O) groups is 4. The number of anilines is 1. The van der Waals surface area contributed by atoms with Gasteiger partial charge in [-0.25, -0.2) is 4.98 Å². The molecule has 5 heterocycles. The number of carbonyl (C=O) groups excluding carboxylic acids is 4. The van der Waals surface area contributed by atoms with Crippen LogP contribution in [0.3, 0.4) is 0 Å². The minimum Gasteiger partial charge on any atom is -0.543 e. The zero-order chi connectivity index (χ0) is 28.8. The van der Waals surface area contributed by atoms with Crippen LogP contribution >= 0.6 is 11.8 Å². The molecule has 3 aliphatic rings. The van der Waals surface area contributed by atoms with Gasteiger partial charge in [0.05, 0.1) is 11.7 Å². The molecule has 6 rings (SSSR count). The van der Waals surface area contributed by atoms with Gasteiger partial charge in [-0.05, 0) is 41.8 Å². The lowest BCUT2D eigenvalue weighted by Crippen LogP contribution is -2.69. The minimum atomic E-state index is -1.46. The van der Waals surface area contributed by atoms with Crippen molar-refractivity contribution in [2.45, 2.75) is 37.8 Å². The van der Waals surface area contributed by atoms with Crippen LogP contribution in [-0.4, -0.2) is 62.2 Å². The zero-order valence-electron chi connectivity index (χ0n) is 22.0. The van der Waals surface area contributed by atoms with Crippen LogP contribution in [0.15, 0.2) is 70.1 Å². The molecular weight excluding hydrogens is 548 g/mol. The quantitative estimate of drug-likeness (QED) is 0.224. The number of nitrogens with zero attached hydrogens (tertiary/aromatic N) is 4. The monoisotopic (exact) mass is 574 g/mol. The van der Waals surface area contributed by atoms with Crippen molar-refractivity contribution in [3.8, 4) is 0 Å². The summed E-state index contributed by atoms with van der Waals surface area (Å²) in [4.78, 5) is 56.8. The molecule has 0 spiro atoms. The zero-order valence-corrected chi connectivity index (χ0v) is 22.8. The Balaban J connectivity index is 1.07. The van der Waals surface area contributed by atoms with Crippen molar-refractivity contribution in [2.75, 3.05) is 17.6 Å². The standard InChI is InChI=1S/C28H26N6O6S/c1-15-30-20-11-19(2-3-21(20)40-15)31-22(35)13-32-7-4-16(5-8-32)12-33-9-6-17(25(33)36)10-18-14-41-27-23(29)26(37)34(27)24(18)28(38)39/h2-5,7-8,10-11,23,27H,6,9,12-14,29H2,1H3,(H-,31,35,38,39)/b17-10+/t23-,27-/m1/s1. The van der Waals surface area contributed by atoms with Crippen LogP contribution in [0.25, 0.3) is 11.1 Å². The Bertz CT molecular complexity index is 1660. The Kier molecular flexibility index (Phi) is 6.83. The summed E-state index contributed by atoms with van der Waals surface area (Å²) < 4.78 is 7.19. The minimum absolute atomic E-state index is 0.102. The van der Waals surface area contributed by atoms with Crippen LogP contribution in [0.4, 0.5) is 5.69 Å². The second-order valence-electron chi connectivity index (χ2n) is 10.1.